The number of ether oxygens (including phenoxy) is 1. The molecule has 0 aliphatic heterocycles. The van der Waals surface area contributed by atoms with Crippen LogP contribution in [0.4, 0.5) is 5.82 Å². The summed E-state index contributed by atoms with van der Waals surface area (Å²) >= 11 is 0. The summed E-state index contributed by atoms with van der Waals surface area (Å²) in [6, 6.07) is 7.70. The first kappa shape index (κ1) is 22.8. The normalized spacial score (nSPS) is 20.2. The Labute approximate surface area is 202 Å². The van der Waals surface area contributed by atoms with E-state index in [-0.39, 0.29) is 23.9 Å². The number of aromatic nitrogens is 5. The van der Waals surface area contributed by atoms with Crippen LogP contribution in [0.3, 0.4) is 0 Å². The van der Waals surface area contributed by atoms with E-state index in [4.69, 9.17) is 9.84 Å². The largest absolute Gasteiger partial charge is 0.496 e. The second kappa shape index (κ2) is 9.01. The lowest BCUT2D eigenvalue weighted by Crippen LogP contribution is -2.41. The van der Waals surface area contributed by atoms with Crippen LogP contribution in [0.15, 0.2) is 42.9 Å². The number of nitrogens with one attached hydrogen (secondary N) is 1. The highest BCUT2D eigenvalue weighted by atomic mass is 16.5. The summed E-state index contributed by atoms with van der Waals surface area (Å²) in [5.74, 6) is 1.07. The molecule has 3 aromatic heterocycles. The fraction of sp³-hybridized carbons (Fsp3) is 0.400. The molecule has 0 unspecified atom stereocenters. The molecule has 182 valence electrons. The summed E-state index contributed by atoms with van der Waals surface area (Å²) in [6.45, 7) is 3.82. The van der Waals surface area contributed by atoms with Crippen LogP contribution in [0.5, 0.6) is 5.75 Å². The third-order valence-corrected chi connectivity index (χ3v) is 7.09. The van der Waals surface area contributed by atoms with Crippen molar-refractivity contribution in [1.29, 1.82) is 0 Å². The highest BCUT2D eigenvalue weighted by molar-refractivity contribution is 6.08. The van der Waals surface area contributed by atoms with Gasteiger partial charge in [0.2, 0.25) is 5.91 Å². The molecule has 4 aromatic rings. The molecule has 10 nitrogen and oxygen atoms in total. The first-order chi connectivity index (χ1) is 16.9. The van der Waals surface area contributed by atoms with E-state index in [1.54, 1.807) is 43.1 Å². The Morgan fingerprint density at radius 3 is 2.83 bits per heavy atom. The zero-order chi connectivity index (χ0) is 24.7. The molecule has 0 bridgehead atoms. The summed E-state index contributed by atoms with van der Waals surface area (Å²) < 4.78 is 9.11. The molecule has 2 amide bonds. The average Bonchev–Trinajstić information content (AvgIpc) is 3.46. The topological polar surface area (TPSA) is 107 Å². The van der Waals surface area contributed by atoms with Gasteiger partial charge in [-0.2, -0.15) is 14.7 Å². The summed E-state index contributed by atoms with van der Waals surface area (Å²) in [7, 11) is 3.42. The summed E-state index contributed by atoms with van der Waals surface area (Å²) in [5.41, 5.74) is 1.82. The summed E-state index contributed by atoms with van der Waals surface area (Å²) in [5, 5.41) is 12.8. The van der Waals surface area contributed by atoms with Crippen molar-refractivity contribution in [2.45, 2.75) is 45.2 Å². The molecule has 0 spiro atoms. The van der Waals surface area contributed by atoms with Crippen molar-refractivity contribution in [1.82, 2.24) is 29.3 Å². The Morgan fingerprint density at radius 1 is 1.26 bits per heavy atom. The zero-order valence-electron chi connectivity index (χ0n) is 20.3. The molecule has 1 fully saturated rings. The van der Waals surface area contributed by atoms with Gasteiger partial charge in [-0.15, -0.1) is 0 Å². The Balaban J connectivity index is 1.40. The number of anilines is 1. The Morgan fingerprint density at radius 2 is 2.09 bits per heavy atom. The number of hydrogen-bond acceptors (Lipinski definition) is 6. The second-order valence-corrected chi connectivity index (χ2v) is 9.25. The van der Waals surface area contributed by atoms with Gasteiger partial charge in [-0.05, 0) is 43.4 Å². The number of fused-ring (bicyclic) bond motifs is 2. The molecule has 0 radical (unpaired) electrons. The van der Waals surface area contributed by atoms with E-state index in [9.17, 15) is 9.59 Å². The average molecular weight is 476 g/mol. The fourth-order valence-electron chi connectivity index (χ4n) is 5.04. The maximum atomic E-state index is 13.2. The highest BCUT2D eigenvalue weighted by Crippen LogP contribution is 2.36. The van der Waals surface area contributed by atoms with Crippen molar-refractivity contribution in [3.8, 4) is 5.75 Å². The van der Waals surface area contributed by atoms with Crippen LogP contribution < -0.4 is 10.1 Å². The predicted octanol–water partition coefficient (Wildman–Crippen LogP) is 3.55. The van der Waals surface area contributed by atoms with Crippen molar-refractivity contribution >= 4 is 34.2 Å². The third-order valence-electron chi connectivity index (χ3n) is 7.09. The smallest absolute Gasteiger partial charge is 0.260 e. The monoisotopic (exact) mass is 475 g/mol. The quantitative estimate of drug-likeness (QED) is 0.473. The lowest BCUT2D eigenvalue weighted by molar-refractivity contribution is -0.130. The number of carbonyl (C=O) groups excluding carboxylic acids is 2. The van der Waals surface area contributed by atoms with Gasteiger partial charge in [-0.1, -0.05) is 6.92 Å². The SMILES string of the molecule is COc1cc2nn([C@H]3CC[C@H](N(C)C(C)=O)C[C@@H]3C)cc2cc1C(=O)Nc1cnc2cccnn12. The zero-order valence-corrected chi connectivity index (χ0v) is 20.3. The lowest BCUT2D eigenvalue weighted by atomic mass is 9.82. The van der Waals surface area contributed by atoms with Crippen LogP contribution in [-0.4, -0.2) is 61.3 Å². The summed E-state index contributed by atoms with van der Waals surface area (Å²) in [6.07, 6.45) is 8.01. The van der Waals surface area contributed by atoms with E-state index in [0.29, 0.717) is 28.7 Å². The van der Waals surface area contributed by atoms with Crippen molar-refractivity contribution in [2.75, 3.05) is 19.5 Å². The van der Waals surface area contributed by atoms with Crippen molar-refractivity contribution in [3.05, 3.63) is 48.4 Å². The van der Waals surface area contributed by atoms with Gasteiger partial charge in [-0.3, -0.25) is 14.3 Å². The van der Waals surface area contributed by atoms with Crippen LogP contribution in [0.25, 0.3) is 16.6 Å². The van der Waals surface area contributed by atoms with Gasteiger partial charge in [0, 0.05) is 43.9 Å². The molecule has 35 heavy (non-hydrogen) atoms. The van der Waals surface area contributed by atoms with E-state index < -0.39 is 0 Å². The molecule has 1 N–H and O–H groups in total. The molecular formula is C25H29N7O3. The third kappa shape index (κ3) is 4.20. The van der Waals surface area contributed by atoms with E-state index in [1.165, 1.54) is 0 Å². The second-order valence-electron chi connectivity index (χ2n) is 9.25. The van der Waals surface area contributed by atoms with Crippen LogP contribution in [-0.2, 0) is 4.79 Å². The van der Waals surface area contributed by atoms with E-state index in [0.717, 1.165) is 30.2 Å². The number of hydrogen-bond donors (Lipinski definition) is 1. The maximum Gasteiger partial charge on any atom is 0.260 e. The van der Waals surface area contributed by atoms with Gasteiger partial charge in [0.05, 0.1) is 30.4 Å². The molecule has 0 saturated heterocycles. The first-order valence-corrected chi connectivity index (χ1v) is 11.8. The van der Waals surface area contributed by atoms with Gasteiger partial charge < -0.3 is 15.0 Å². The number of nitrogens with zero attached hydrogens (tertiary/aromatic N) is 6. The number of imidazole rings is 1. The molecule has 5 rings (SSSR count). The van der Waals surface area contributed by atoms with Crippen LogP contribution in [0.2, 0.25) is 0 Å². The number of amides is 2. The molecule has 3 atom stereocenters. The fourth-order valence-corrected chi connectivity index (χ4v) is 5.04. The number of carbonyl (C=O) groups is 2. The van der Waals surface area contributed by atoms with Crippen molar-refractivity contribution < 1.29 is 14.3 Å². The van der Waals surface area contributed by atoms with Gasteiger partial charge in [0.1, 0.15) is 5.75 Å². The van der Waals surface area contributed by atoms with Gasteiger partial charge >= 0.3 is 0 Å². The van der Waals surface area contributed by atoms with Crippen LogP contribution in [0.1, 0.15) is 49.5 Å². The van der Waals surface area contributed by atoms with Crippen LogP contribution >= 0.6 is 0 Å². The Bertz CT molecular complexity index is 1410. The Hall–Kier alpha value is -3.95. The minimum atomic E-state index is -0.315. The van der Waals surface area contributed by atoms with E-state index >= 15 is 0 Å². The van der Waals surface area contributed by atoms with Crippen molar-refractivity contribution in [2.24, 2.45) is 5.92 Å². The van der Waals surface area contributed by atoms with Crippen LogP contribution in [0, 0.1) is 5.92 Å². The first-order valence-electron chi connectivity index (χ1n) is 11.8. The molecule has 1 aliphatic rings. The molecule has 10 heteroatoms. The maximum absolute atomic E-state index is 13.2. The molecule has 1 aliphatic carbocycles. The molecule has 3 heterocycles. The van der Waals surface area contributed by atoms with E-state index in [1.807, 2.05) is 35.0 Å². The molecule has 1 saturated carbocycles. The predicted molar refractivity (Wildman–Crippen MR) is 132 cm³/mol. The molecule has 1 aromatic carbocycles. The van der Waals surface area contributed by atoms with E-state index in [2.05, 4.69) is 22.3 Å². The Kier molecular flexibility index (Phi) is 5.88. The minimum Gasteiger partial charge on any atom is -0.496 e. The number of methoxy groups -OCH3 is 1. The summed E-state index contributed by atoms with van der Waals surface area (Å²) in [4.78, 5) is 31.1. The van der Waals surface area contributed by atoms with Gasteiger partial charge in [0.25, 0.3) is 5.91 Å². The standard InChI is InChI=1S/C25H29N7O3/c1-15-10-18(30(3)16(2)33)7-8-21(15)31-14-17-11-19(22(35-4)12-20(17)29-31)25(34)28-24-13-26-23-6-5-9-27-32(23)24/h5-6,9,11-15,18,21H,7-8,10H2,1-4H3,(H,28,34)/t15-,18-,21-/m0/s1. The van der Waals surface area contributed by atoms with Gasteiger partial charge in [-0.25, -0.2) is 4.98 Å². The molecular weight excluding hydrogens is 446 g/mol. The number of benzene rings is 1. The van der Waals surface area contributed by atoms with Gasteiger partial charge in [0.15, 0.2) is 11.5 Å². The van der Waals surface area contributed by atoms with Crippen molar-refractivity contribution in [3.63, 3.8) is 0 Å². The minimum absolute atomic E-state index is 0.100. The number of rotatable bonds is 5. The highest BCUT2D eigenvalue weighted by Gasteiger charge is 2.32. The lowest BCUT2D eigenvalue weighted by Gasteiger charge is -2.38.